The van der Waals surface area contributed by atoms with Gasteiger partial charge in [0.1, 0.15) is 5.01 Å². The molecule has 86 valence electrons. The SMILES string of the molecule is Clc1ccc2sc(NCc3nccs3)nc2c1. The van der Waals surface area contributed by atoms with Crippen LogP contribution in [0.4, 0.5) is 5.13 Å². The summed E-state index contributed by atoms with van der Waals surface area (Å²) in [6, 6.07) is 5.75. The molecule has 0 saturated heterocycles. The van der Waals surface area contributed by atoms with Crippen LogP contribution in [0.5, 0.6) is 0 Å². The number of thiazole rings is 2. The minimum absolute atomic E-state index is 0.714. The largest absolute Gasteiger partial charge is 0.355 e. The normalized spacial score (nSPS) is 10.9. The summed E-state index contributed by atoms with van der Waals surface area (Å²) in [5.74, 6) is 0. The second kappa shape index (κ2) is 4.60. The maximum absolute atomic E-state index is 5.92. The number of hydrogen-bond acceptors (Lipinski definition) is 5. The number of rotatable bonds is 3. The van der Waals surface area contributed by atoms with E-state index in [-0.39, 0.29) is 0 Å². The fourth-order valence-corrected chi connectivity index (χ4v) is 3.03. The highest BCUT2D eigenvalue weighted by Crippen LogP contribution is 2.28. The van der Waals surface area contributed by atoms with Gasteiger partial charge in [-0.25, -0.2) is 9.97 Å². The maximum atomic E-state index is 5.92. The Morgan fingerprint density at radius 1 is 1.35 bits per heavy atom. The molecule has 2 aromatic heterocycles. The van der Waals surface area contributed by atoms with E-state index in [1.54, 1.807) is 28.9 Å². The van der Waals surface area contributed by atoms with Crippen molar-refractivity contribution in [2.75, 3.05) is 5.32 Å². The Morgan fingerprint density at radius 3 is 3.12 bits per heavy atom. The van der Waals surface area contributed by atoms with Gasteiger partial charge in [-0.05, 0) is 18.2 Å². The lowest BCUT2D eigenvalue weighted by Gasteiger charge is -1.96. The molecule has 0 bridgehead atoms. The molecule has 0 aliphatic heterocycles. The van der Waals surface area contributed by atoms with Gasteiger partial charge in [0.25, 0.3) is 0 Å². The highest BCUT2D eigenvalue weighted by atomic mass is 35.5. The Balaban J connectivity index is 1.81. The summed E-state index contributed by atoms with van der Waals surface area (Å²) in [4.78, 5) is 8.68. The molecule has 1 N–H and O–H groups in total. The first-order valence-corrected chi connectivity index (χ1v) is 7.07. The molecule has 3 nitrogen and oxygen atoms in total. The van der Waals surface area contributed by atoms with Crippen LogP contribution < -0.4 is 5.32 Å². The Kier molecular flexibility index (Phi) is 2.96. The monoisotopic (exact) mass is 281 g/mol. The summed E-state index contributed by atoms with van der Waals surface area (Å²) in [5, 5.41) is 7.91. The third kappa shape index (κ3) is 2.41. The first-order valence-electron chi connectivity index (χ1n) is 4.99. The molecule has 0 spiro atoms. The minimum Gasteiger partial charge on any atom is -0.355 e. The van der Waals surface area contributed by atoms with E-state index in [0.717, 1.165) is 20.4 Å². The smallest absolute Gasteiger partial charge is 0.184 e. The molecule has 0 radical (unpaired) electrons. The Morgan fingerprint density at radius 2 is 2.29 bits per heavy atom. The maximum Gasteiger partial charge on any atom is 0.184 e. The molecule has 0 unspecified atom stereocenters. The van der Waals surface area contributed by atoms with Crippen molar-refractivity contribution in [3.63, 3.8) is 0 Å². The molecule has 2 heterocycles. The molecule has 0 aliphatic rings. The second-order valence-corrected chi connectivity index (χ2v) is 5.86. The van der Waals surface area contributed by atoms with Crippen LogP contribution in [0.25, 0.3) is 10.2 Å². The van der Waals surface area contributed by atoms with Crippen LogP contribution >= 0.6 is 34.3 Å². The third-order valence-corrected chi connectivity index (χ3v) is 4.23. The third-order valence-electron chi connectivity index (χ3n) is 2.22. The molecule has 17 heavy (non-hydrogen) atoms. The summed E-state index contributed by atoms with van der Waals surface area (Å²) >= 11 is 9.18. The number of nitrogens with zero attached hydrogens (tertiary/aromatic N) is 2. The van der Waals surface area contributed by atoms with Crippen molar-refractivity contribution in [2.45, 2.75) is 6.54 Å². The number of anilines is 1. The van der Waals surface area contributed by atoms with Crippen LogP contribution in [0, 0.1) is 0 Å². The standard InChI is InChI=1S/C11H8ClN3S2/c12-7-1-2-9-8(5-7)15-11(17-9)14-6-10-13-3-4-16-10/h1-5H,6H2,(H,14,15). The number of fused-ring (bicyclic) bond motifs is 1. The van der Waals surface area contributed by atoms with Crippen LogP contribution in [0.15, 0.2) is 29.8 Å². The van der Waals surface area contributed by atoms with Gasteiger partial charge >= 0.3 is 0 Å². The van der Waals surface area contributed by atoms with Crippen molar-refractivity contribution in [3.05, 3.63) is 39.8 Å². The molecule has 0 amide bonds. The molecule has 0 saturated carbocycles. The first-order chi connectivity index (χ1) is 8.31. The lowest BCUT2D eigenvalue weighted by Crippen LogP contribution is -1.97. The van der Waals surface area contributed by atoms with Crippen LogP contribution in [-0.4, -0.2) is 9.97 Å². The zero-order valence-corrected chi connectivity index (χ0v) is 11.1. The number of hydrogen-bond donors (Lipinski definition) is 1. The first kappa shape index (κ1) is 11.0. The molecular formula is C11H8ClN3S2. The van der Waals surface area contributed by atoms with E-state index in [0.29, 0.717) is 11.6 Å². The van der Waals surface area contributed by atoms with E-state index in [9.17, 15) is 0 Å². The molecule has 0 fully saturated rings. The summed E-state index contributed by atoms with van der Waals surface area (Å²) in [7, 11) is 0. The Hall–Kier alpha value is -1.17. The van der Waals surface area contributed by atoms with Crippen molar-refractivity contribution in [1.29, 1.82) is 0 Å². The van der Waals surface area contributed by atoms with Crippen LogP contribution in [0.2, 0.25) is 5.02 Å². The quantitative estimate of drug-likeness (QED) is 0.788. The van der Waals surface area contributed by atoms with Gasteiger partial charge in [0.15, 0.2) is 5.13 Å². The van der Waals surface area contributed by atoms with Gasteiger partial charge < -0.3 is 5.32 Å². The van der Waals surface area contributed by atoms with Crippen molar-refractivity contribution >= 4 is 49.6 Å². The van der Waals surface area contributed by atoms with Gasteiger partial charge in [0, 0.05) is 16.6 Å². The van der Waals surface area contributed by atoms with Gasteiger partial charge in [-0.1, -0.05) is 22.9 Å². The summed E-state index contributed by atoms with van der Waals surface area (Å²) in [6.07, 6.45) is 1.81. The number of halogens is 1. The van der Waals surface area contributed by atoms with Gasteiger partial charge in [0.05, 0.1) is 16.8 Å². The Labute approximate surface area is 111 Å². The molecular weight excluding hydrogens is 274 g/mol. The molecule has 0 atom stereocenters. The summed E-state index contributed by atoms with van der Waals surface area (Å²) < 4.78 is 1.14. The van der Waals surface area contributed by atoms with Crippen LogP contribution in [-0.2, 0) is 6.54 Å². The zero-order chi connectivity index (χ0) is 11.7. The van der Waals surface area contributed by atoms with E-state index < -0.39 is 0 Å². The van der Waals surface area contributed by atoms with E-state index in [1.807, 2.05) is 23.6 Å². The van der Waals surface area contributed by atoms with Gasteiger partial charge in [-0.3, -0.25) is 0 Å². The molecule has 0 aliphatic carbocycles. The molecule has 1 aromatic carbocycles. The van der Waals surface area contributed by atoms with Gasteiger partial charge in [-0.15, -0.1) is 11.3 Å². The van der Waals surface area contributed by atoms with Gasteiger partial charge in [0.2, 0.25) is 0 Å². The Bertz CT molecular complexity index is 633. The number of aromatic nitrogens is 2. The molecule has 3 rings (SSSR count). The number of benzene rings is 1. The zero-order valence-electron chi connectivity index (χ0n) is 8.68. The summed E-state index contributed by atoms with van der Waals surface area (Å²) in [6.45, 7) is 0.714. The van der Waals surface area contributed by atoms with E-state index in [1.165, 1.54) is 0 Å². The highest BCUT2D eigenvalue weighted by molar-refractivity contribution is 7.22. The molecule has 3 aromatic rings. The average Bonchev–Trinajstić information content (AvgIpc) is 2.94. The lowest BCUT2D eigenvalue weighted by molar-refractivity contribution is 1.10. The average molecular weight is 282 g/mol. The topological polar surface area (TPSA) is 37.8 Å². The van der Waals surface area contributed by atoms with Crippen molar-refractivity contribution < 1.29 is 0 Å². The second-order valence-electron chi connectivity index (χ2n) is 3.41. The van der Waals surface area contributed by atoms with Gasteiger partial charge in [-0.2, -0.15) is 0 Å². The summed E-state index contributed by atoms with van der Waals surface area (Å²) in [5.41, 5.74) is 0.934. The molecule has 6 heteroatoms. The van der Waals surface area contributed by atoms with Crippen LogP contribution in [0.1, 0.15) is 5.01 Å². The highest BCUT2D eigenvalue weighted by Gasteiger charge is 2.04. The lowest BCUT2D eigenvalue weighted by atomic mass is 10.3. The van der Waals surface area contributed by atoms with E-state index >= 15 is 0 Å². The van der Waals surface area contributed by atoms with E-state index in [2.05, 4.69) is 15.3 Å². The number of nitrogens with one attached hydrogen (secondary N) is 1. The minimum atomic E-state index is 0.714. The van der Waals surface area contributed by atoms with Crippen LogP contribution in [0.3, 0.4) is 0 Å². The fourth-order valence-electron chi connectivity index (χ4n) is 1.47. The van der Waals surface area contributed by atoms with Crippen molar-refractivity contribution in [3.8, 4) is 0 Å². The predicted octanol–water partition coefficient (Wildman–Crippen LogP) is 4.02. The predicted molar refractivity (Wildman–Crippen MR) is 74.1 cm³/mol. The van der Waals surface area contributed by atoms with Crippen molar-refractivity contribution in [2.24, 2.45) is 0 Å². The fraction of sp³-hybridized carbons (Fsp3) is 0.0909. The van der Waals surface area contributed by atoms with E-state index in [4.69, 9.17) is 11.6 Å². The van der Waals surface area contributed by atoms with Crippen molar-refractivity contribution in [1.82, 2.24) is 9.97 Å².